The Hall–Kier alpha value is -0.940. The van der Waals surface area contributed by atoms with E-state index < -0.39 is 5.54 Å². The highest BCUT2D eigenvalue weighted by Crippen LogP contribution is 2.23. The maximum absolute atomic E-state index is 6.12. The number of aromatic nitrogens is 2. The van der Waals surface area contributed by atoms with Gasteiger partial charge in [0.1, 0.15) is 6.61 Å². The molecule has 0 bridgehead atoms. The van der Waals surface area contributed by atoms with Gasteiger partial charge in [0.15, 0.2) is 5.82 Å². The Bertz CT molecular complexity index is 295. The molecule has 15 heavy (non-hydrogen) atoms. The molecular weight excluding hydrogens is 194 g/mol. The van der Waals surface area contributed by atoms with Crippen LogP contribution in [0.3, 0.4) is 0 Å². The predicted octanol–water partition coefficient (Wildman–Crippen LogP) is 1.58. The standard InChI is InChI=1S/C10H19N3O2/c1-4-10(11,5-2)9-12-8(13-15-9)7-14-6-3/h4-7,11H2,1-3H3. The molecule has 1 aromatic rings. The molecule has 0 saturated carbocycles. The third-order valence-electron chi connectivity index (χ3n) is 2.59. The smallest absolute Gasteiger partial charge is 0.246 e. The summed E-state index contributed by atoms with van der Waals surface area (Å²) in [4.78, 5) is 4.23. The van der Waals surface area contributed by atoms with Gasteiger partial charge in [0.25, 0.3) is 0 Å². The van der Waals surface area contributed by atoms with Crippen LogP contribution in [0.2, 0.25) is 0 Å². The molecule has 1 rings (SSSR count). The summed E-state index contributed by atoms with van der Waals surface area (Å²) in [6.07, 6.45) is 1.56. The Morgan fingerprint density at radius 3 is 2.53 bits per heavy atom. The third kappa shape index (κ3) is 2.76. The van der Waals surface area contributed by atoms with Crippen molar-refractivity contribution >= 4 is 0 Å². The number of nitrogens with two attached hydrogens (primary N) is 1. The van der Waals surface area contributed by atoms with Crippen molar-refractivity contribution in [3.63, 3.8) is 0 Å². The quantitative estimate of drug-likeness (QED) is 0.776. The van der Waals surface area contributed by atoms with Crippen LogP contribution in [0.25, 0.3) is 0 Å². The van der Waals surface area contributed by atoms with Crippen LogP contribution in [0.15, 0.2) is 4.52 Å². The van der Waals surface area contributed by atoms with Gasteiger partial charge in [-0.3, -0.25) is 0 Å². The Kier molecular flexibility index (Phi) is 4.23. The molecule has 2 N–H and O–H groups in total. The molecule has 0 radical (unpaired) electrons. The monoisotopic (exact) mass is 213 g/mol. The Morgan fingerprint density at radius 2 is 2.00 bits per heavy atom. The second kappa shape index (κ2) is 5.23. The maximum Gasteiger partial charge on any atom is 0.246 e. The Morgan fingerprint density at radius 1 is 1.33 bits per heavy atom. The van der Waals surface area contributed by atoms with Gasteiger partial charge in [-0.15, -0.1) is 0 Å². The molecule has 0 unspecified atom stereocenters. The van der Waals surface area contributed by atoms with Crippen molar-refractivity contribution in [1.82, 2.24) is 10.1 Å². The minimum Gasteiger partial charge on any atom is -0.374 e. The fourth-order valence-corrected chi connectivity index (χ4v) is 1.26. The van der Waals surface area contributed by atoms with Crippen LogP contribution in [0.4, 0.5) is 0 Å². The van der Waals surface area contributed by atoms with E-state index in [1.807, 2.05) is 20.8 Å². The summed E-state index contributed by atoms with van der Waals surface area (Å²) in [5.41, 5.74) is 5.62. The van der Waals surface area contributed by atoms with Crippen LogP contribution in [0.1, 0.15) is 45.3 Å². The van der Waals surface area contributed by atoms with Crippen molar-refractivity contribution in [3.05, 3.63) is 11.7 Å². The highest BCUT2D eigenvalue weighted by Gasteiger charge is 2.29. The van der Waals surface area contributed by atoms with Gasteiger partial charge in [0.2, 0.25) is 5.89 Å². The lowest BCUT2D eigenvalue weighted by molar-refractivity contribution is 0.126. The number of ether oxygens (including phenoxy) is 1. The van der Waals surface area contributed by atoms with Gasteiger partial charge in [-0.1, -0.05) is 19.0 Å². The molecule has 0 aliphatic heterocycles. The van der Waals surface area contributed by atoms with Gasteiger partial charge < -0.3 is 15.0 Å². The van der Waals surface area contributed by atoms with Gasteiger partial charge in [0.05, 0.1) is 5.54 Å². The minimum absolute atomic E-state index is 0.378. The van der Waals surface area contributed by atoms with E-state index in [2.05, 4.69) is 10.1 Å². The highest BCUT2D eigenvalue weighted by molar-refractivity contribution is 5.00. The first-order chi connectivity index (χ1) is 7.16. The minimum atomic E-state index is -0.503. The molecule has 0 aliphatic carbocycles. The summed E-state index contributed by atoms with van der Waals surface area (Å²) in [6, 6.07) is 0. The summed E-state index contributed by atoms with van der Waals surface area (Å²) in [6.45, 7) is 6.96. The van der Waals surface area contributed by atoms with Crippen molar-refractivity contribution in [3.8, 4) is 0 Å². The molecule has 0 amide bonds. The van der Waals surface area contributed by atoms with Gasteiger partial charge in [-0.05, 0) is 19.8 Å². The van der Waals surface area contributed by atoms with Crippen LogP contribution in [-0.2, 0) is 16.9 Å². The molecule has 0 atom stereocenters. The lowest BCUT2D eigenvalue weighted by Gasteiger charge is -2.20. The highest BCUT2D eigenvalue weighted by atomic mass is 16.5. The van der Waals surface area contributed by atoms with Crippen LogP contribution >= 0.6 is 0 Å². The van der Waals surface area contributed by atoms with Crippen molar-refractivity contribution in [2.45, 2.75) is 45.8 Å². The fourth-order valence-electron chi connectivity index (χ4n) is 1.26. The van der Waals surface area contributed by atoms with E-state index in [1.54, 1.807) is 0 Å². The molecule has 0 saturated heterocycles. The zero-order chi connectivity index (χ0) is 11.3. The zero-order valence-electron chi connectivity index (χ0n) is 9.62. The Balaban J connectivity index is 2.74. The average Bonchev–Trinajstić information content (AvgIpc) is 2.74. The SMILES string of the molecule is CCOCc1noc(C(N)(CC)CC)n1. The first-order valence-electron chi connectivity index (χ1n) is 5.36. The van der Waals surface area contributed by atoms with Crippen molar-refractivity contribution < 1.29 is 9.26 Å². The van der Waals surface area contributed by atoms with Crippen molar-refractivity contribution in [2.24, 2.45) is 5.73 Å². The number of rotatable bonds is 6. The van der Waals surface area contributed by atoms with E-state index >= 15 is 0 Å². The summed E-state index contributed by atoms with van der Waals surface area (Å²) in [5.74, 6) is 1.06. The summed E-state index contributed by atoms with van der Waals surface area (Å²) in [5, 5.41) is 3.82. The first kappa shape index (κ1) is 12.1. The second-order valence-electron chi connectivity index (χ2n) is 3.52. The maximum atomic E-state index is 6.12. The van der Waals surface area contributed by atoms with E-state index in [-0.39, 0.29) is 0 Å². The number of nitrogens with zero attached hydrogens (tertiary/aromatic N) is 2. The van der Waals surface area contributed by atoms with Gasteiger partial charge in [-0.2, -0.15) is 4.98 Å². The van der Waals surface area contributed by atoms with E-state index in [0.717, 1.165) is 12.8 Å². The summed E-state index contributed by atoms with van der Waals surface area (Å²) in [7, 11) is 0. The van der Waals surface area contributed by atoms with Gasteiger partial charge >= 0.3 is 0 Å². The molecule has 86 valence electrons. The average molecular weight is 213 g/mol. The lowest BCUT2D eigenvalue weighted by atomic mass is 9.94. The van der Waals surface area contributed by atoms with Crippen molar-refractivity contribution in [2.75, 3.05) is 6.61 Å². The third-order valence-corrected chi connectivity index (χ3v) is 2.59. The molecule has 0 aliphatic rings. The van der Waals surface area contributed by atoms with Crippen molar-refractivity contribution in [1.29, 1.82) is 0 Å². The fraction of sp³-hybridized carbons (Fsp3) is 0.800. The number of hydrogen-bond acceptors (Lipinski definition) is 5. The summed E-state index contributed by atoms with van der Waals surface area (Å²) >= 11 is 0. The normalized spacial score (nSPS) is 12.0. The molecule has 0 spiro atoms. The van der Waals surface area contributed by atoms with Crippen LogP contribution < -0.4 is 5.73 Å². The van der Waals surface area contributed by atoms with Crippen LogP contribution in [0.5, 0.6) is 0 Å². The molecular formula is C10H19N3O2. The van der Waals surface area contributed by atoms with Gasteiger partial charge in [-0.25, -0.2) is 0 Å². The molecule has 1 heterocycles. The number of hydrogen-bond donors (Lipinski definition) is 1. The molecule has 5 heteroatoms. The first-order valence-corrected chi connectivity index (χ1v) is 5.36. The molecule has 0 aromatic carbocycles. The summed E-state index contributed by atoms with van der Waals surface area (Å²) < 4.78 is 10.3. The largest absolute Gasteiger partial charge is 0.374 e. The van der Waals surface area contributed by atoms with Gasteiger partial charge in [0, 0.05) is 6.61 Å². The predicted molar refractivity (Wildman–Crippen MR) is 56.1 cm³/mol. The molecule has 0 fully saturated rings. The Labute approximate surface area is 90.0 Å². The molecule has 1 aromatic heterocycles. The van der Waals surface area contributed by atoms with E-state index in [9.17, 15) is 0 Å². The van der Waals surface area contributed by atoms with Crippen LogP contribution in [-0.4, -0.2) is 16.7 Å². The topological polar surface area (TPSA) is 74.2 Å². The van der Waals surface area contributed by atoms with Crippen LogP contribution in [0, 0.1) is 0 Å². The van der Waals surface area contributed by atoms with E-state index in [0.29, 0.717) is 24.9 Å². The molecule has 5 nitrogen and oxygen atoms in total. The zero-order valence-corrected chi connectivity index (χ0v) is 9.62. The lowest BCUT2D eigenvalue weighted by Crippen LogP contribution is -2.35. The second-order valence-corrected chi connectivity index (χ2v) is 3.52. The van der Waals surface area contributed by atoms with E-state index in [1.165, 1.54) is 0 Å². The van der Waals surface area contributed by atoms with E-state index in [4.69, 9.17) is 15.0 Å².